The summed E-state index contributed by atoms with van der Waals surface area (Å²) in [5.74, 6) is -0.660. The number of carbonyl (C=O) groups is 2. The average molecular weight is 343 g/mol. The van der Waals surface area contributed by atoms with E-state index in [2.05, 4.69) is 15.3 Å². The van der Waals surface area contributed by atoms with Gasteiger partial charge in [0.2, 0.25) is 0 Å². The molecule has 0 atom stereocenters. The van der Waals surface area contributed by atoms with Crippen molar-refractivity contribution in [1.29, 1.82) is 0 Å². The highest BCUT2D eigenvalue weighted by molar-refractivity contribution is 7.14. The highest BCUT2D eigenvalue weighted by Crippen LogP contribution is 2.21. The topological polar surface area (TPSA) is 94.3 Å². The lowest BCUT2D eigenvalue weighted by molar-refractivity contribution is 0.0520. The molecule has 0 saturated carbocycles. The van der Waals surface area contributed by atoms with Crippen LogP contribution in [0.5, 0.6) is 0 Å². The van der Waals surface area contributed by atoms with Gasteiger partial charge in [-0.3, -0.25) is 10.1 Å². The molecule has 8 heteroatoms. The number of anilines is 1. The van der Waals surface area contributed by atoms with Gasteiger partial charge in [-0.2, -0.15) is 0 Å². The van der Waals surface area contributed by atoms with Crippen LogP contribution in [-0.2, 0) is 4.74 Å². The van der Waals surface area contributed by atoms with Crippen LogP contribution < -0.4 is 5.32 Å². The van der Waals surface area contributed by atoms with Crippen molar-refractivity contribution in [2.75, 3.05) is 11.9 Å². The number of hydrogen-bond donors (Lipinski definition) is 1. The first-order valence-electron chi connectivity index (χ1n) is 7.12. The van der Waals surface area contributed by atoms with E-state index in [-0.39, 0.29) is 23.3 Å². The first kappa shape index (κ1) is 15.9. The fourth-order valence-corrected chi connectivity index (χ4v) is 2.57. The second-order valence-electron chi connectivity index (χ2n) is 4.61. The number of ether oxygens (including phenoxy) is 1. The van der Waals surface area contributed by atoms with Crippen LogP contribution >= 0.6 is 11.3 Å². The average Bonchev–Trinajstić information content (AvgIpc) is 3.25. The Labute approximate surface area is 141 Å². The first-order valence-corrected chi connectivity index (χ1v) is 8.00. The Morgan fingerprint density at radius 2 is 2.08 bits per heavy atom. The number of hydrogen-bond acceptors (Lipinski definition) is 7. The van der Waals surface area contributed by atoms with E-state index in [0.717, 1.165) is 16.9 Å². The number of rotatable bonds is 5. The summed E-state index contributed by atoms with van der Waals surface area (Å²) in [7, 11) is 0. The Morgan fingerprint density at radius 1 is 1.29 bits per heavy atom. The molecule has 122 valence electrons. The van der Waals surface area contributed by atoms with Crippen LogP contribution in [0, 0.1) is 0 Å². The maximum Gasteiger partial charge on any atom is 0.357 e. The molecule has 0 radical (unpaired) electrons. The molecule has 3 rings (SSSR count). The monoisotopic (exact) mass is 343 g/mol. The molecule has 1 aromatic carbocycles. The summed E-state index contributed by atoms with van der Waals surface area (Å²) in [6, 6.07) is 9.33. The Morgan fingerprint density at radius 3 is 2.83 bits per heavy atom. The Kier molecular flexibility index (Phi) is 4.66. The maximum absolute atomic E-state index is 12.1. The summed E-state index contributed by atoms with van der Waals surface area (Å²) in [6.07, 6.45) is 1.48. The number of oxazole rings is 1. The van der Waals surface area contributed by atoms with Gasteiger partial charge >= 0.3 is 11.9 Å². The van der Waals surface area contributed by atoms with Crippen molar-refractivity contribution in [2.24, 2.45) is 0 Å². The predicted molar refractivity (Wildman–Crippen MR) is 88.0 cm³/mol. The van der Waals surface area contributed by atoms with E-state index < -0.39 is 11.9 Å². The molecule has 0 aliphatic carbocycles. The van der Waals surface area contributed by atoms with Crippen LogP contribution in [0.1, 0.15) is 28.1 Å². The summed E-state index contributed by atoms with van der Waals surface area (Å²) in [4.78, 5) is 31.7. The van der Waals surface area contributed by atoms with Gasteiger partial charge in [-0.1, -0.05) is 30.3 Å². The molecule has 0 saturated heterocycles. The van der Waals surface area contributed by atoms with Crippen molar-refractivity contribution in [1.82, 2.24) is 9.97 Å². The Hall–Kier alpha value is -3.00. The molecular weight excluding hydrogens is 330 g/mol. The predicted octanol–water partition coefficient (Wildman–Crippen LogP) is 3.23. The SMILES string of the molecule is CCOC(=O)c1csc(NC(=O)c2ncc(-c3ccccc3)o2)n1. The van der Waals surface area contributed by atoms with Gasteiger partial charge in [-0.05, 0) is 6.92 Å². The highest BCUT2D eigenvalue weighted by atomic mass is 32.1. The number of benzene rings is 1. The van der Waals surface area contributed by atoms with Crippen LogP contribution in [0.4, 0.5) is 5.13 Å². The van der Waals surface area contributed by atoms with Crippen LogP contribution in [0.15, 0.2) is 46.3 Å². The van der Waals surface area contributed by atoms with Crippen molar-refractivity contribution < 1.29 is 18.7 Å². The Balaban J connectivity index is 1.70. The summed E-state index contributed by atoms with van der Waals surface area (Å²) < 4.78 is 10.3. The largest absolute Gasteiger partial charge is 0.461 e. The minimum absolute atomic E-state index is 0.0817. The third kappa shape index (κ3) is 3.49. The van der Waals surface area contributed by atoms with E-state index in [0.29, 0.717) is 5.76 Å². The van der Waals surface area contributed by atoms with Crippen LogP contribution in [0.3, 0.4) is 0 Å². The molecule has 3 aromatic rings. The van der Waals surface area contributed by atoms with E-state index in [9.17, 15) is 9.59 Å². The van der Waals surface area contributed by atoms with Gasteiger partial charge in [-0.15, -0.1) is 11.3 Å². The molecular formula is C16H13N3O4S. The molecule has 0 spiro atoms. The highest BCUT2D eigenvalue weighted by Gasteiger charge is 2.17. The van der Waals surface area contributed by atoms with Crippen molar-refractivity contribution in [3.05, 3.63) is 53.5 Å². The number of esters is 1. The van der Waals surface area contributed by atoms with Crippen molar-refractivity contribution >= 4 is 28.3 Å². The lowest BCUT2D eigenvalue weighted by atomic mass is 10.2. The fraction of sp³-hybridized carbons (Fsp3) is 0.125. The minimum Gasteiger partial charge on any atom is -0.461 e. The van der Waals surface area contributed by atoms with Gasteiger partial charge in [0.1, 0.15) is 0 Å². The number of carbonyl (C=O) groups excluding carboxylic acids is 2. The lowest BCUT2D eigenvalue weighted by Gasteiger charge is -1.98. The quantitative estimate of drug-likeness (QED) is 0.715. The van der Waals surface area contributed by atoms with Crippen molar-refractivity contribution in [2.45, 2.75) is 6.92 Å². The molecule has 0 bridgehead atoms. The van der Waals surface area contributed by atoms with E-state index in [1.165, 1.54) is 11.6 Å². The molecule has 0 fully saturated rings. The van der Waals surface area contributed by atoms with Gasteiger partial charge in [-0.25, -0.2) is 14.8 Å². The normalized spacial score (nSPS) is 10.4. The lowest BCUT2D eigenvalue weighted by Crippen LogP contribution is -2.12. The smallest absolute Gasteiger partial charge is 0.357 e. The first-order chi connectivity index (χ1) is 11.7. The molecule has 0 aliphatic rings. The molecule has 24 heavy (non-hydrogen) atoms. The number of aromatic nitrogens is 2. The number of nitrogens with zero attached hydrogens (tertiary/aromatic N) is 2. The zero-order chi connectivity index (χ0) is 16.9. The summed E-state index contributed by atoms with van der Waals surface area (Å²) >= 11 is 1.12. The molecule has 2 heterocycles. The van der Waals surface area contributed by atoms with Gasteiger partial charge in [0.05, 0.1) is 12.8 Å². The van der Waals surface area contributed by atoms with Crippen molar-refractivity contribution in [3.8, 4) is 11.3 Å². The van der Waals surface area contributed by atoms with Gasteiger partial charge < -0.3 is 9.15 Å². The summed E-state index contributed by atoms with van der Waals surface area (Å²) in [5.41, 5.74) is 0.970. The van der Waals surface area contributed by atoms with Gasteiger partial charge in [0.15, 0.2) is 16.6 Å². The fourth-order valence-electron chi connectivity index (χ4n) is 1.90. The molecule has 1 amide bonds. The summed E-state index contributed by atoms with van der Waals surface area (Å²) in [5, 5.41) is 4.32. The second-order valence-corrected chi connectivity index (χ2v) is 5.47. The second kappa shape index (κ2) is 7.05. The minimum atomic E-state index is -0.540. The van der Waals surface area contributed by atoms with E-state index in [4.69, 9.17) is 9.15 Å². The third-order valence-electron chi connectivity index (χ3n) is 2.97. The molecule has 0 aliphatic heterocycles. The van der Waals surface area contributed by atoms with Gasteiger partial charge in [0, 0.05) is 10.9 Å². The van der Waals surface area contributed by atoms with Gasteiger partial charge in [0.25, 0.3) is 5.89 Å². The number of nitrogens with one attached hydrogen (secondary N) is 1. The van der Waals surface area contributed by atoms with Crippen LogP contribution in [0.2, 0.25) is 0 Å². The van der Waals surface area contributed by atoms with E-state index in [1.807, 2.05) is 30.3 Å². The van der Waals surface area contributed by atoms with Crippen molar-refractivity contribution in [3.63, 3.8) is 0 Å². The molecule has 2 aromatic heterocycles. The van der Waals surface area contributed by atoms with E-state index in [1.54, 1.807) is 6.92 Å². The maximum atomic E-state index is 12.1. The zero-order valence-corrected chi connectivity index (χ0v) is 13.5. The standard InChI is InChI=1S/C16H13N3O4S/c1-2-22-15(21)11-9-24-16(18-11)19-13(20)14-17-8-12(23-14)10-6-4-3-5-7-10/h3-9H,2H2,1H3,(H,18,19,20). The third-order valence-corrected chi connectivity index (χ3v) is 3.73. The molecule has 7 nitrogen and oxygen atoms in total. The van der Waals surface area contributed by atoms with Crippen LogP contribution in [-0.4, -0.2) is 28.5 Å². The number of thiazole rings is 1. The van der Waals surface area contributed by atoms with Crippen LogP contribution in [0.25, 0.3) is 11.3 Å². The zero-order valence-electron chi connectivity index (χ0n) is 12.7. The molecule has 0 unspecified atom stereocenters. The Bertz CT molecular complexity index is 857. The molecule has 1 N–H and O–H groups in total. The number of amides is 1. The summed E-state index contributed by atoms with van der Waals surface area (Å²) in [6.45, 7) is 1.97. The van der Waals surface area contributed by atoms with E-state index >= 15 is 0 Å².